The van der Waals surface area contributed by atoms with Crippen molar-refractivity contribution >= 4 is 21.5 Å². The summed E-state index contributed by atoms with van der Waals surface area (Å²) in [5.74, 6) is 0. The molecular formula is C39H26. The number of fused-ring (bicyclic) bond motifs is 5. The molecule has 0 aliphatic heterocycles. The summed E-state index contributed by atoms with van der Waals surface area (Å²) in [6.45, 7) is 0. The first-order chi connectivity index (χ1) is 19.4. The van der Waals surface area contributed by atoms with Crippen LogP contribution in [0.1, 0.15) is 11.1 Å². The topological polar surface area (TPSA) is 0 Å². The SMILES string of the molecule is c1ccc(-c2ccccc2-c2c3ccccc3c(-c3ccc4c(c3)Cc3ccccc3-4)c3ccccc23)cc1. The van der Waals surface area contributed by atoms with E-state index in [1.807, 2.05) is 0 Å². The van der Waals surface area contributed by atoms with Gasteiger partial charge in [-0.2, -0.15) is 0 Å². The molecule has 39 heavy (non-hydrogen) atoms. The number of hydrogen-bond donors (Lipinski definition) is 0. The van der Waals surface area contributed by atoms with E-state index in [2.05, 4.69) is 146 Å². The van der Waals surface area contributed by atoms with Crippen LogP contribution >= 0.6 is 0 Å². The number of rotatable bonds is 3. The van der Waals surface area contributed by atoms with Crippen LogP contribution in [0.4, 0.5) is 0 Å². The van der Waals surface area contributed by atoms with Gasteiger partial charge in [-0.05, 0) is 83.6 Å². The highest BCUT2D eigenvalue weighted by atomic mass is 14.2. The van der Waals surface area contributed by atoms with Crippen LogP contribution in [0.5, 0.6) is 0 Å². The lowest BCUT2D eigenvalue weighted by Gasteiger charge is -2.20. The van der Waals surface area contributed by atoms with E-state index in [0.29, 0.717) is 0 Å². The molecule has 0 aromatic heterocycles. The average molecular weight is 495 g/mol. The van der Waals surface area contributed by atoms with E-state index in [9.17, 15) is 0 Å². The minimum absolute atomic E-state index is 0.998. The number of benzene rings is 7. The maximum absolute atomic E-state index is 2.43. The molecule has 0 bridgehead atoms. The average Bonchev–Trinajstić information content (AvgIpc) is 3.38. The summed E-state index contributed by atoms with van der Waals surface area (Å²) in [4.78, 5) is 0. The van der Waals surface area contributed by atoms with Gasteiger partial charge >= 0.3 is 0 Å². The summed E-state index contributed by atoms with van der Waals surface area (Å²) in [6, 6.07) is 53.4. The van der Waals surface area contributed by atoms with Crippen LogP contribution in [0.2, 0.25) is 0 Å². The first-order valence-electron chi connectivity index (χ1n) is 13.7. The third-order valence-electron chi connectivity index (χ3n) is 8.30. The van der Waals surface area contributed by atoms with E-state index in [0.717, 1.165) is 6.42 Å². The summed E-state index contributed by atoms with van der Waals surface area (Å²) in [7, 11) is 0. The molecule has 0 saturated carbocycles. The standard InChI is InChI=1S/C39H26/c1-2-12-26(13-3-1)30-15-6-7-17-33(30)39-36-20-10-8-18-34(36)38(35-19-9-11-21-37(35)39)28-22-23-32-29(25-28)24-27-14-4-5-16-31(27)32/h1-23,25H,24H2. The smallest absolute Gasteiger partial charge is 0.00132 e. The van der Waals surface area contributed by atoms with Crippen LogP contribution < -0.4 is 0 Å². The van der Waals surface area contributed by atoms with Gasteiger partial charge in [0.1, 0.15) is 0 Å². The van der Waals surface area contributed by atoms with Gasteiger partial charge in [0.05, 0.1) is 0 Å². The maximum atomic E-state index is 2.43. The molecule has 7 aromatic carbocycles. The maximum Gasteiger partial charge on any atom is -0.00132 e. The van der Waals surface area contributed by atoms with E-state index in [4.69, 9.17) is 0 Å². The minimum atomic E-state index is 0.998. The molecule has 0 heteroatoms. The second-order valence-corrected chi connectivity index (χ2v) is 10.5. The molecule has 0 atom stereocenters. The van der Waals surface area contributed by atoms with Crippen molar-refractivity contribution in [3.63, 3.8) is 0 Å². The first-order valence-corrected chi connectivity index (χ1v) is 13.7. The van der Waals surface area contributed by atoms with Crippen molar-refractivity contribution in [2.45, 2.75) is 6.42 Å². The van der Waals surface area contributed by atoms with Crippen LogP contribution in [0, 0.1) is 0 Å². The monoisotopic (exact) mass is 494 g/mol. The van der Waals surface area contributed by atoms with Gasteiger partial charge in [0, 0.05) is 0 Å². The van der Waals surface area contributed by atoms with E-state index in [1.165, 1.54) is 77.2 Å². The third-order valence-corrected chi connectivity index (χ3v) is 8.30. The van der Waals surface area contributed by atoms with Gasteiger partial charge in [0.15, 0.2) is 0 Å². The second kappa shape index (κ2) is 8.82. The predicted molar refractivity (Wildman–Crippen MR) is 166 cm³/mol. The normalized spacial score (nSPS) is 12.0. The fourth-order valence-electron chi connectivity index (χ4n) is 6.60. The van der Waals surface area contributed by atoms with Crippen molar-refractivity contribution in [3.8, 4) is 44.5 Å². The van der Waals surface area contributed by atoms with Gasteiger partial charge in [-0.25, -0.2) is 0 Å². The van der Waals surface area contributed by atoms with Crippen molar-refractivity contribution < 1.29 is 0 Å². The third kappa shape index (κ3) is 3.46. The zero-order chi connectivity index (χ0) is 25.8. The van der Waals surface area contributed by atoms with Gasteiger partial charge in [-0.3, -0.25) is 0 Å². The Bertz CT molecular complexity index is 1970. The molecule has 1 aliphatic carbocycles. The Balaban J connectivity index is 1.43. The van der Waals surface area contributed by atoms with Crippen molar-refractivity contribution in [1.29, 1.82) is 0 Å². The Morgan fingerprint density at radius 1 is 0.308 bits per heavy atom. The van der Waals surface area contributed by atoms with Gasteiger partial charge in [-0.1, -0.05) is 146 Å². The Morgan fingerprint density at radius 2 is 0.821 bits per heavy atom. The summed E-state index contributed by atoms with van der Waals surface area (Å²) >= 11 is 0. The Hall–Kier alpha value is -4.94. The van der Waals surface area contributed by atoms with Crippen LogP contribution in [0.25, 0.3) is 66.1 Å². The van der Waals surface area contributed by atoms with Crippen molar-refractivity contribution in [2.24, 2.45) is 0 Å². The minimum Gasteiger partial charge on any atom is -0.0622 e. The highest BCUT2D eigenvalue weighted by Crippen LogP contribution is 2.47. The Morgan fingerprint density at radius 3 is 1.51 bits per heavy atom. The molecule has 8 rings (SSSR count). The molecule has 182 valence electrons. The lowest BCUT2D eigenvalue weighted by molar-refractivity contribution is 1.26. The summed E-state index contributed by atoms with van der Waals surface area (Å²) in [5.41, 5.74) is 13.3. The van der Waals surface area contributed by atoms with E-state index in [-0.39, 0.29) is 0 Å². The van der Waals surface area contributed by atoms with E-state index < -0.39 is 0 Å². The van der Waals surface area contributed by atoms with Gasteiger partial charge in [0.25, 0.3) is 0 Å². The van der Waals surface area contributed by atoms with Gasteiger partial charge in [0.2, 0.25) is 0 Å². The molecule has 0 radical (unpaired) electrons. The van der Waals surface area contributed by atoms with E-state index >= 15 is 0 Å². The fourth-order valence-corrected chi connectivity index (χ4v) is 6.60. The Kier molecular flexibility index (Phi) is 5.00. The molecule has 0 spiro atoms. The summed E-state index contributed by atoms with van der Waals surface area (Å²) < 4.78 is 0. The molecule has 0 saturated heterocycles. The zero-order valence-corrected chi connectivity index (χ0v) is 21.6. The Labute approximate surface area is 228 Å². The molecule has 0 fully saturated rings. The van der Waals surface area contributed by atoms with Crippen LogP contribution in [-0.4, -0.2) is 0 Å². The molecule has 0 unspecified atom stereocenters. The molecule has 0 amide bonds. The molecule has 0 heterocycles. The van der Waals surface area contributed by atoms with Crippen LogP contribution in [0.3, 0.4) is 0 Å². The van der Waals surface area contributed by atoms with Crippen molar-refractivity contribution in [1.82, 2.24) is 0 Å². The second-order valence-electron chi connectivity index (χ2n) is 10.5. The molecule has 0 N–H and O–H groups in total. The van der Waals surface area contributed by atoms with Crippen molar-refractivity contribution in [3.05, 3.63) is 157 Å². The van der Waals surface area contributed by atoms with E-state index in [1.54, 1.807) is 0 Å². The first kappa shape index (κ1) is 22.1. The van der Waals surface area contributed by atoms with Crippen LogP contribution in [0.15, 0.2) is 146 Å². The van der Waals surface area contributed by atoms with Crippen LogP contribution in [-0.2, 0) is 6.42 Å². The summed E-state index contributed by atoms with van der Waals surface area (Å²) in [5, 5.41) is 5.17. The van der Waals surface area contributed by atoms with Gasteiger partial charge in [-0.15, -0.1) is 0 Å². The highest BCUT2D eigenvalue weighted by Gasteiger charge is 2.21. The number of hydrogen-bond acceptors (Lipinski definition) is 0. The fraction of sp³-hybridized carbons (Fsp3) is 0.0256. The lowest BCUT2D eigenvalue weighted by Crippen LogP contribution is -1.93. The molecule has 1 aliphatic rings. The summed E-state index contributed by atoms with van der Waals surface area (Å²) in [6.07, 6.45) is 0.998. The lowest BCUT2D eigenvalue weighted by atomic mass is 9.83. The van der Waals surface area contributed by atoms with Crippen molar-refractivity contribution in [2.75, 3.05) is 0 Å². The zero-order valence-electron chi connectivity index (χ0n) is 21.6. The highest BCUT2D eigenvalue weighted by molar-refractivity contribution is 6.22. The molecule has 7 aromatic rings. The quantitative estimate of drug-likeness (QED) is 0.214. The largest absolute Gasteiger partial charge is 0.0622 e. The predicted octanol–water partition coefficient (Wildman–Crippen LogP) is 10.6. The van der Waals surface area contributed by atoms with Gasteiger partial charge < -0.3 is 0 Å². The molecular weight excluding hydrogens is 468 g/mol. The molecule has 0 nitrogen and oxygen atoms in total.